The highest BCUT2D eigenvalue weighted by atomic mass is 32.2. The van der Waals surface area contributed by atoms with Crippen molar-refractivity contribution in [2.24, 2.45) is 11.8 Å². The van der Waals surface area contributed by atoms with Gasteiger partial charge in [0.05, 0.1) is 5.75 Å². The normalized spacial score (nSPS) is 28.7. The van der Waals surface area contributed by atoms with Crippen molar-refractivity contribution in [1.29, 1.82) is 0 Å². The van der Waals surface area contributed by atoms with Crippen LogP contribution in [0.2, 0.25) is 0 Å². The standard InChI is InChI=1S/C18H32N2S/c1-4-11-21-12-10-20-14-17(16-8-6-5-7-9-16)19-13-18(20)15(2)3/h1,15-19H,5-14H2,2-3H3. The van der Waals surface area contributed by atoms with Gasteiger partial charge in [-0.3, -0.25) is 4.90 Å². The zero-order valence-electron chi connectivity index (χ0n) is 13.8. The third-order valence-electron chi connectivity index (χ3n) is 5.19. The van der Waals surface area contributed by atoms with Gasteiger partial charge in [0, 0.05) is 37.5 Å². The molecule has 2 fully saturated rings. The molecule has 2 aliphatic rings. The van der Waals surface area contributed by atoms with Gasteiger partial charge in [-0.05, 0) is 24.7 Å². The molecule has 2 nitrogen and oxygen atoms in total. The lowest BCUT2D eigenvalue weighted by atomic mass is 9.82. The van der Waals surface area contributed by atoms with E-state index in [0.29, 0.717) is 6.04 Å². The summed E-state index contributed by atoms with van der Waals surface area (Å²) in [7, 11) is 0. The summed E-state index contributed by atoms with van der Waals surface area (Å²) in [6.07, 6.45) is 12.5. The summed E-state index contributed by atoms with van der Waals surface area (Å²) in [5.74, 6) is 6.39. The van der Waals surface area contributed by atoms with Crippen molar-refractivity contribution in [2.45, 2.75) is 58.0 Å². The van der Waals surface area contributed by atoms with E-state index in [0.717, 1.165) is 23.6 Å². The Labute approximate surface area is 135 Å². The molecule has 1 aliphatic heterocycles. The first-order valence-electron chi connectivity index (χ1n) is 8.71. The SMILES string of the molecule is C#CCSCCN1CC(C2CCCCC2)NCC1C(C)C. The average molecular weight is 309 g/mol. The van der Waals surface area contributed by atoms with Crippen molar-refractivity contribution < 1.29 is 0 Å². The van der Waals surface area contributed by atoms with Gasteiger partial charge >= 0.3 is 0 Å². The van der Waals surface area contributed by atoms with E-state index in [1.807, 2.05) is 11.8 Å². The Morgan fingerprint density at radius 1 is 1.29 bits per heavy atom. The highest BCUT2D eigenvalue weighted by Gasteiger charge is 2.33. The summed E-state index contributed by atoms with van der Waals surface area (Å²) >= 11 is 1.90. The zero-order chi connectivity index (χ0) is 15.1. The van der Waals surface area contributed by atoms with E-state index >= 15 is 0 Å². The fourth-order valence-electron chi connectivity index (χ4n) is 3.93. The van der Waals surface area contributed by atoms with Crippen LogP contribution in [0, 0.1) is 24.2 Å². The number of terminal acetylenes is 1. The summed E-state index contributed by atoms with van der Waals surface area (Å²) in [6.45, 7) is 8.31. The molecule has 1 aliphatic carbocycles. The topological polar surface area (TPSA) is 15.3 Å². The quantitative estimate of drug-likeness (QED) is 0.599. The molecule has 0 radical (unpaired) electrons. The van der Waals surface area contributed by atoms with Crippen LogP contribution in [-0.4, -0.2) is 48.1 Å². The van der Waals surface area contributed by atoms with Gasteiger partial charge in [-0.1, -0.05) is 39.0 Å². The molecule has 0 aromatic carbocycles. The first-order chi connectivity index (χ1) is 10.2. The average Bonchev–Trinajstić information content (AvgIpc) is 2.52. The summed E-state index contributed by atoms with van der Waals surface area (Å²) in [6, 6.07) is 1.41. The highest BCUT2D eigenvalue weighted by Crippen LogP contribution is 2.29. The molecule has 1 N–H and O–H groups in total. The van der Waals surface area contributed by atoms with Crippen LogP contribution in [-0.2, 0) is 0 Å². The van der Waals surface area contributed by atoms with Crippen molar-refractivity contribution in [3.8, 4) is 12.3 Å². The van der Waals surface area contributed by atoms with Crippen LogP contribution in [0.15, 0.2) is 0 Å². The Morgan fingerprint density at radius 3 is 2.71 bits per heavy atom. The minimum absolute atomic E-state index is 0.691. The van der Waals surface area contributed by atoms with Gasteiger partial charge in [0.2, 0.25) is 0 Å². The van der Waals surface area contributed by atoms with E-state index in [2.05, 4.69) is 30.0 Å². The fraction of sp³-hybridized carbons (Fsp3) is 0.889. The van der Waals surface area contributed by atoms with Gasteiger partial charge in [0.1, 0.15) is 0 Å². The van der Waals surface area contributed by atoms with E-state index in [1.54, 1.807) is 0 Å². The van der Waals surface area contributed by atoms with Crippen LogP contribution in [0.5, 0.6) is 0 Å². The predicted octanol–water partition coefficient (Wildman–Crippen LogP) is 3.23. The molecule has 0 aromatic heterocycles. The van der Waals surface area contributed by atoms with Crippen molar-refractivity contribution in [3.05, 3.63) is 0 Å². The molecule has 120 valence electrons. The number of nitrogens with zero attached hydrogens (tertiary/aromatic N) is 1. The minimum Gasteiger partial charge on any atom is -0.311 e. The monoisotopic (exact) mass is 308 g/mol. The molecule has 21 heavy (non-hydrogen) atoms. The molecule has 2 rings (SSSR count). The molecule has 0 bridgehead atoms. The van der Waals surface area contributed by atoms with Crippen LogP contribution in [0.3, 0.4) is 0 Å². The number of nitrogens with one attached hydrogen (secondary N) is 1. The fourth-order valence-corrected chi connectivity index (χ4v) is 4.56. The van der Waals surface area contributed by atoms with Crippen molar-refractivity contribution in [1.82, 2.24) is 10.2 Å². The van der Waals surface area contributed by atoms with E-state index in [1.165, 1.54) is 57.5 Å². The third kappa shape index (κ3) is 5.20. The number of piperazine rings is 1. The molecule has 1 heterocycles. The van der Waals surface area contributed by atoms with Crippen LogP contribution in [0.1, 0.15) is 46.0 Å². The Morgan fingerprint density at radius 2 is 2.05 bits per heavy atom. The number of hydrogen-bond donors (Lipinski definition) is 1. The van der Waals surface area contributed by atoms with Crippen LogP contribution in [0.4, 0.5) is 0 Å². The Balaban J connectivity index is 1.86. The van der Waals surface area contributed by atoms with Gasteiger partial charge in [-0.2, -0.15) is 0 Å². The molecule has 1 saturated carbocycles. The van der Waals surface area contributed by atoms with Crippen molar-refractivity contribution >= 4 is 11.8 Å². The Bertz CT molecular complexity index is 331. The summed E-state index contributed by atoms with van der Waals surface area (Å²) in [5.41, 5.74) is 0. The summed E-state index contributed by atoms with van der Waals surface area (Å²) in [4.78, 5) is 2.74. The van der Waals surface area contributed by atoms with Crippen molar-refractivity contribution in [2.75, 3.05) is 31.1 Å². The number of thioether (sulfide) groups is 1. The summed E-state index contributed by atoms with van der Waals surface area (Å²) in [5, 5.41) is 3.87. The smallest absolute Gasteiger partial charge is 0.0545 e. The molecular weight excluding hydrogens is 276 g/mol. The van der Waals surface area contributed by atoms with Gasteiger partial charge in [0.15, 0.2) is 0 Å². The van der Waals surface area contributed by atoms with Crippen LogP contribution >= 0.6 is 11.8 Å². The van der Waals surface area contributed by atoms with E-state index in [4.69, 9.17) is 6.42 Å². The van der Waals surface area contributed by atoms with Gasteiger partial charge in [0.25, 0.3) is 0 Å². The van der Waals surface area contributed by atoms with Gasteiger partial charge in [-0.15, -0.1) is 18.2 Å². The molecule has 1 saturated heterocycles. The van der Waals surface area contributed by atoms with Gasteiger partial charge < -0.3 is 5.32 Å². The molecule has 2 unspecified atom stereocenters. The van der Waals surface area contributed by atoms with Crippen LogP contribution < -0.4 is 5.32 Å². The Hall–Kier alpha value is -0.170. The first-order valence-corrected chi connectivity index (χ1v) is 9.86. The highest BCUT2D eigenvalue weighted by molar-refractivity contribution is 7.99. The molecule has 0 aromatic rings. The second-order valence-corrected chi connectivity index (χ2v) is 8.08. The van der Waals surface area contributed by atoms with E-state index in [9.17, 15) is 0 Å². The maximum absolute atomic E-state index is 5.35. The molecule has 0 amide bonds. The Kier molecular flexibility index (Phi) is 7.43. The van der Waals surface area contributed by atoms with Crippen LogP contribution in [0.25, 0.3) is 0 Å². The number of hydrogen-bond acceptors (Lipinski definition) is 3. The lowest BCUT2D eigenvalue weighted by molar-refractivity contribution is 0.0779. The van der Waals surface area contributed by atoms with Gasteiger partial charge in [-0.25, -0.2) is 0 Å². The molecule has 0 spiro atoms. The molecule has 3 heteroatoms. The second kappa shape index (κ2) is 9.08. The largest absolute Gasteiger partial charge is 0.311 e. The second-order valence-electron chi connectivity index (χ2n) is 6.98. The molecule has 2 atom stereocenters. The maximum atomic E-state index is 5.35. The predicted molar refractivity (Wildman–Crippen MR) is 94.7 cm³/mol. The first kappa shape index (κ1) is 17.2. The zero-order valence-corrected chi connectivity index (χ0v) is 14.6. The summed E-state index contributed by atoms with van der Waals surface area (Å²) < 4.78 is 0. The molecular formula is C18H32N2S. The third-order valence-corrected chi connectivity index (χ3v) is 6.03. The van der Waals surface area contributed by atoms with E-state index < -0.39 is 0 Å². The maximum Gasteiger partial charge on any atom is 0.0545 e. The lowest BCUT2D eigenvalue weighted by Gasteiger charge is -2.45. The van der Waals surface area contributed by atoms with Crippen molar-refractivity contribution in [3.63, 3.8) is 0 Å². The lowest BCUT2D eigenvalue weighted by Crippen LogP contribution is -2.60. The number of rotatable bonds is 6. The minimum atomic E-state index is 0.691. The van der Waals surface area contributed by atoms with E-state index in [-0.39, 0.29) is 0 Å².